The van der Waals surface area contributed by atoms with Gasteiger partial charge >= 0.3 is 5.69 Å². The molecule has 0 radical (unpaired) electrons. The molecule has 0 saturated carbocycles. The van der Waals surface area contributed by atoms with Crippen LogP contribution in [-0.4, -0.2) is 15.1 Å². The van der Waals surface area contributed by atoms with Crippen LogP contribution in [0.5, 0.6) is 11.5 Å². The highest BCUT2D eigenvalue weighted by Crippen LogP contribution is 2.34. The number of phenolic OH excluding ortho intramolecular Hbond substituents is 2. The number of hydrogen-bond donors (Lipinski definition) is 2. The van der Waals surface area contributed by atoms with Gasteiger partial charge in [-0.1, -0.05) is 13.3 Å². The molecule has 0 aliphatic rings. The highest BCUT2D eigenvalue weighted by atomic mass is 16.6. The third-order valence-electron chi connectivity index (χ3n) is 3.93. The van der Waals surface area contributed by atoms with Gasteiger partial charge in [0.25, 0.3) is 0 Å². The average molecular weight is 341 g/mol. The second-order valence-electron chi connectivity index (χ2n) is 5.63. The number of benzene rings is 2. The van der Waals surface area contributed by atoms with Crippen molar-refractivity contribution in [1.82, 2.24) is 0 Å². The van der Waals surface area contributed by atoms with Crippen molar-refractivity contribution in [3.05, 3.63) is 62.3 Å². The maximum atomic E-state index is 12.4. The zero-order chi connectivity index (χ0) is 18.1. The molecule has 0 amide bonds. The maximum Gasteiger partial charge on any atom is 0.311 e. The van der Waals surface area contributed by atoms with Crippen molar-refractivity contribution < 1.29 is 19.6 Å². The van der Waals surface area contributed by atoms with E-state index >= 15 is 0 Å². The molecule has 7 heteroatoms. The van der Waals surface area contributed by atoms with Crippen LogP contribution in [-0.2, 0) is 6.42 Å². The van der Waals surface area contributed by atoms with Gasteiger partial charge in [0.2, 0.25) is 0 Å². The van der Waals surface area contributed by atoms with Crippen LogP contribution in [0.4, 0.5) is 5.69 Å². The first kappa shape index (κ1) is 16.5. The molecule has 0 fully saturated rings. The highest BCUT2D eigenvalue weighted by Gasteiger charge is 2.18. The summed E-state index contributed by atoms with van der Waals surface area (Å²) >= 11 is 0. The number of aryl methyl sites for hydroxylation is 1. The van der Waals surface area contributed by atoms with E-state index in [0.717, 1.165) is 12.5 Å². The second kappa shape index (κ2) is 6.27. The monoisotopic (exact) mass is 341 g/mol. The van der Waals surface area contributed by atoms with Gasteiger partial charge in [-0.05, 0) is 30.7 Å². The second-order valence-corrected chi connectivity index (χ2v) is 5.63. The first-order valence-electron chi connectivity index (χ1n) is 7.69. The molecule has 2 aromatic carbocycles. The van der Waals surface area contributed by atoms with Gasteiger partial charge in [-0.3, -0.25) is 14.9 Å². The summed E-state index contributed by atoms with van der Waals surface area (Å²) < 4.78 is 5.80. The van der Waals surface area contributed by atoms with E-state index in [4.69, 9.17) is 4.42 Å². The Morgan fingerprint density at radius 2 is 1.84 bits per heavy atom. The molecule has 0 saturated heterocycles. The van der Waals surface area contributed by atoms with Crippen LogP contribution in [0.25, 0.3) is 22.3 Å². The third kappa shape index (κ3) is 2.91. The number of hydrogen-bond acceptors (Lipinski definition) is 6. The van der Waals surface area contributed by atoms with Crippen molar-refractivity contribution in [3.63, 3.8) is 0 Å². The quantitative estimate of drug-likeness (QED) is 0.552. The molecule has 1 aromatic heterocycles. The third-order valence-corrected chi connectivity index (χ3v) is 3.93. The fraction of sp³-hybridized carbons (Fsp3) is 0.167. The minimum Gasteiger partial charge on any atom is -0.508 e. The molecule has 0 spiro atoms. The molecule has 7 nitrogen and oxygen atoms in total. The van der Waals surface area contributed by atoms with Gasteiger partial charge in [0.05, 0.1) is 10.3 Å². The van der Waals surface area contributed by atoms with Gasteiger partial charge in [-0.2, -0.15) is 0 Å². The number of nitro groups is 1. The maximum absolute atomic E-state index is 12.4. The van der Waals surface area contributed by atoms with Crippen LogP contribution in [0.2, 0.25) is 0 Å². The molecule has 3 rings (SSSR count). The molecule has 0 unspecified atom stereocenters. The highest BCUT2D eigenvalue weighted by molar-refractivity contribution is 5.84. The van der Waals surface area contributed by atoms with Gasteiger partial charge in [-0.25, -0.2) is 0 Å². The van der Waals surface area contributed by atoms with Crippen molar-refractivity contribution in [2.45, 2.75) is 19.8 Å². The molecule has 0 atom stereocenters. The van der Waals surface area contributed by atoms with E-state index in [-0.39, 0.29) is 28.1 Å². The Bertz CT molecular complexity index is 1040. The van der Waals surface area contributed by atoms with E-state index in [1.807, 2.05) is 6.92 Å². The predicted octanol–water partition coefficient (Wildman–Crippen LogP) is 3.73. The van der Waals surface area contributed by atoms with E-state index in [1.165, 1.54) is 30.3 Å². The number of fused-ring (bicyclic) bond motifs is 1. The van der Waals surface area contributed by atoms with E-state index in [9.17, 15) is 25.1 Å². The number of aromatic hydroxyl groups is 2. The SMILES string of the molecule is CCCc1c(O)ccc2c(=O)cc(-c3ccc(O)c([N+](=O)[O-])c3)oc12. The zero-order valence-corrected chi connectivity index (χ0v) is 13.4. The van der Waals surface area contributed by atoms with Crippen LogP contribution < -0.4 is 5.43 Å². The molecular formula is C18H15NO6. The number of rotatable bonds is 4. The molecule has 25 heavy (non-hydrogen) atoms. The van der Waals surface area contributed by atoms with Crippen molar-refractivity contribution in [1.29, 1.82) is 0 Å². The molecule has 0 aliphatic carbocycles. The van der Waals surface area contributed by atoms with Crippen LogP contribution >= 0.6 is 0 Å². The summed E-state index contributed by atoms with van der Waals surface area (Å²) in [7, 11) is 0. The summed E-state index contributed by atoms with van der Waals surface area (Å²) in [4.78, 5) is 22.7. The smallest absolute Gasteiger partial charge is 0.311 e. The lowest BCUT2D eigenvalue weighted by atomic mass is 10.0. The van der Waals surface area contributed by atoms with Crippen molar-refractivity contribution in [3.8, 4) is 22.8 Å². The summed E-state index contributed by atoms with van der Waals surface area (Å²) in [6.45, 7) is 1.93. The van der Waals surface area contributed by atoms with Gasteiger partial charge in [0, 0.05) is 23.3 Å². The Kier molecular flexibility index (Phi) is 4.14. The van der Waals surface area contributed by atoms with E-state index in [2.05, 4.69) is 0 Å². The summed E-state index contributed by atoms with van der Waals surface area (Å²) in [6, 6.07) is 7.92. The van der Waals surface area contributed by atoms with E-state index < -0.39 is 16.4 Å². The van der Waals surface area contributed by atoms with Gasteiger partial charge in [0.15, 0.2) is 11.2 Å². The predicted molar refractivity (Wildman–Crippen MR) is 91.9 cm³/mol. The first-order chi connectivity index (χ1) is 11.9. The molecule has 3 aromatic rings. The molecule has 0 bridgehead atoms. The Balaban J connectivity index is 2.28. The number of nitrogens with zero attached hydrogens (tertiary/aromatic N) is 1. The van der Waals surface area contributed by atoms with Gasteiger partial charge in [-0.15, -0.1) is 0 Å². The van der Waals surface area contributed by atoms with Crippen LogP contribution in [0.1, 0.15) is 18.9 Å². The lowest BCUT2D eigenvalue weighted by molar-refractivity contribution is -0.385. The standard InChI is InChI=1S/C18H15NO6/c1-2-3-11-14(20)7-5-12-16(22)9-17(25-18(11)12)10-4-6-15(21)13(8-10)19(23)24/h4-9,20-21H,2-3H2,1H3. The minimum atomic E-state index is -0.716. The topological polar surface area (TPSA) is 114 Å². The molecule has 1 heterocycles. The summed E-state index contributed by atoms with van der Waals surface area (Å²) in [6.07, 6.45) is 1.26. The lowest BCUT2D eigenvalue weighted by Crippen LogP contribution is -2.02. The molecule has 0 aliphatic heterocycles. The van der Waals surface area contributed by atoms with Crippen LogP contribution in [0, 0.1) is 10.1 Å². The lowest BCUT2D eigenvalue weighted by Gasteiger charge is -2.09. The van der Waals surface area contributed by atoms with E-state index in [1.54, 1.807) is 0 Å². The fourth-order valence-corrected chi connectivity index (χ4v) is 2.72. The normalized spacial score (nSPS) is 10.9. The molecule has 128 valence electrons. The summed E-state index contributed by atoms with van der Waals surface area (Å²) in [5, 5.41) is 30.9. The summed E-state index contributed by atoms with van der Waals surface area (Å²) in [5.74, 6) is -0.309. The fourth-order valence-electron chi connectivity index (χ4n) is 2.72. The van der Waals surface area contributed by atoms with E-state index in [0.29, 0.717) is 17.4 Å². The largest absolute Gasteiger partial charge is 0.508 e. The van der Waals surface area contributed by atoms with Crippen LogP contribution in [0.15, 0.2) is 45.6 Å². The van der Waals surface area contributed by atoms with Crippen molar-refractivity contribution in [2.24, 2.45) is 0 Å². The Labute approximate surface area is 141 Å². The first-order valence-corrected chi connectivity index (χ1v) is 7.69. The molecule has 2 N–H and O–H groups in total. The number of phenols is 2. The zero-order valence-electron chi connectivity index (χ0n) is 13.4. The van der Waals surface area contributed by atoms with Gasteiger partial charge < -0.3 is 14.6 Å². The van der Waals surface area contributed by atoms with Crippen LogP contribution in [0.3, 0.4) is 0 Å². The van der Waals surface area contributed by atoms with Crippen molar-refractivity contribution in [2.75, 3.05) is 0 Å². The summed E-state index contributed by atoms with van der Waals surface area (Å²) in [5.41, 5.74) is 0.274. The average Bonchev–Trinajstić information content (AvgIpc) is 2.57. The Hall–Kier alpha value is -3.35. The minimum absolute atomic E-state index is 0.0336. The van der Waals surface area contributed by atoms with Crippen molar-refractivity contribution >= 4 is 16.7 Å². The van der Waals surface area contributed by atoms with Gasteiger partial charge in [0.1, 0.15) is 17.1 Å². The number of nitro benzene ring substituents is 1. The Morgan fingerprint density at radius 3 is 2.52 bits per heavy atom. The Morgan fingerprint density at radius 1 is 1.12 bits per heavy atom. The molecular weight excluding hydrogens is 326 g/mol.